The van der Waals surface area contributed by atoms with Crippen molar-refractivity contribution in [3.05, 3.63) is 42.5 Å². The minimum absolute atomic E-state index is 0.147. The van der Waals surface area contributed by atoms with E-state index in [-0.39, 0.29) is 11.7 Å². The highest BCUT2D eigenvalue weighted by Crippen LogP contribution is 2.11. The number of ether oxygens (including phenoxy) is 1. The molecule has 1 N–H and O–H groups in total. The van der Waals surface area contributed by atoms with E-state index in [1.54, 1.807) is 12.1 Å². The molecule has 0 saturated heterocycles. The Labute approximate surface area is 108 Å². The van der Waals surface area contributed by atoms with Gasteiger partial charge < -0.3 is 9.84 Å². The fourth-order valence-corrected chi connectivity index (χ4v) is 1.59. The molecule has 3 nitrogen and oxygen atoms in total. The predicted molar refractivity (Wildman–Crippen MR) is 71.7 cm³/mol. The van der Waals surface area contributed by atoms with Crippen molar-refractivity contribution < 1.29 is 14.6 Å². The number of carbonyl (C=O) groups excluding carboxylic acids is 1. The Morgan fingerprint density at radius 1 is 1.17 bits per heavy atom. The number of carbonyl (C=O) groups is 1. The van der Waals surface area contributed by atoms with E-state index in [9.17, 15) is 4.79 Å². The second-order valence-electron chi connectivity index (χ2n) is 4.17. The van der Waals surface area contributed by atoms with Crippen LogP contribution in [-0.4, -0.2) is 17.7 Å². The molecule has 1 aromatic carbocycles. The highest BCUT2D eigenvalue weighted by molar-refractivity contribution is 5.89. The molecule has 0 spiro atoms. The molecule has 0 aliphatic heterocycles. The molecule has 0 fully saturated rings. The van der Waals surface area contributed by atoms with Gasteiger partial charge in [0.2, 0.25) is 0 Å². The smallest absolute Gasteiger partial charge is 0.338 e. The summed E-state index contributed by atoms with van der Waals surface area (Å²) in [6.45, 7) is 4.12. The molecule has 98 valence electrons. The number of hydrogen-bond acceptors (Lipinski definition) is 3. The highest BCUT2D eigenvalue weighted by Gasteiger charge is 2.05. The Morgan fingerprint density at radius 3 is 2.50 bits per heavy atom. The van der Waals surface area contributed by atoms with E-state index in [0.29, 0.717) is 12.2 Å². The topological polar surface area (TPSA) is 46.5 Å². The molecule has 0 unspecified atom stereocenters. The van der Waals surface area contributed by atoms with Gasteiger partial charge in [0.05, 0.1) is 12.2 Å². The van der Waals surface area contributed by atoms with Crippen LogP contribution in [0.15, 0.2) is 36.9 Å². The number of unbranched alkanes of at least 4 members (excludes halogenated alkanes) is 4. The lowest BCUT2D eigenvalue weighted by Crippen LogP contribution is -2.06. The summed E-state index contributed by atoms with van der Waals surface area (Å²) in [6.07, 6.45) is 7.22. The molecular formula is C15H20O3. The highest BCUT2D eigenvalue weighted by atomic mass is 16.5. The summed E-state index contributed by atoms with van der Waals surface area (Å²) in [7, 11) is 0. The first kappa shape index (κ1) is 14.3. The van der Waals surface area contributed by atoms with Crippen LogP contribution in [0.1, 0.15) is 42.5 Å². The number of esters is 1. The van der Waals surface area contributed by atoms with Crippen LogP contribution in [0.3, 0.4) is 0 Å². The third-order valence-corrected chi connectivity index (χ3v) is 2.64. The van der Waals surface area contributed by atoms with Gasteiger partial charge in [-0.25, -0.2) is 4.79 Å². The summed E-state index contributed by atoms with van der Waals surface area (Å²) in [5.41, 5.74) is 0.472. The van der Waals surface area contributed by atoms with Gasteiger partial charge in [-0.1, -0.05) is 18.9 Å². The number of aromatic hydroxyl groups is 1. The second kappa shape index (κ2) is 8.34. The maximum absolute atomic E-state index is 11.6. The monoisotopic (exact) mass is 248 g/mol. The lowest BCUT2D eigenvalue weighted by Gasteiger charge is -2.04. The largest absolute Gasteiger partial charge is 0.508 e. The van der Waals surface area contributed by atoms with Crippen molar-refractivity contribution in [3.63, 3.8) is 0 Å². The maximum atomic E-state index is 11.6. The van der Waals surface area contributed by atoms with Gasteiger partial charge in [-0.15, -0.1) is 6.58 Å². The van der Waals surface area contributed by atoms with Crippen LogP contribution in [0.25, 0.3) is 0 Å². The van der Waals surface area contributed by atoms with Crippen LogP contribution in [0, 0.1) is 0 Å². The van der Waals surface area contributed by atoms with Crippen molar-refractivity contribution in [2.45, 2.75) is 32.1 Å². The third-order valence-electron chi connectivity index (χ3n) is 2.64. The number of hydrogen-bond donors (Lipinski definition) is 1. The second-order valence-corrected chi connectivity index (χ2v) is 4.17. The van der Waals surface area contributed by atoms with Crippen molar-refractivity contribution in [1.29, 1.82) is 0 Å². The van der Waals surface area contributed by atoms with E-state index in [4.69, 9.17) is 9.84 Å². The summed E-state index contributed by atoms with van der Waals surface area (Å²) < 4.78 is 5.13. The van der Waals surface area contributed by atoms with Gasteiger partial charge in [0.1, 0.15) is 5.75 Å². The van der Waals surface area contributed by atoms with Crippen molar-refractivity contribution in [2.24, 2.45) is 0 Å². The molecule has 0 atom stereocenters. The third kappa shape index (κ3) is 5.53. The Morgan fingerprint density at radius 2 is 1.83 bits per heavy atom. The number of benzene rings is 1. The van der Waals surface area contributed by atoms with Crippen LogP contribution in [0.5, 0.6) is 5.75 Å². The molecule has 0 heterocycles. The predicted octanol–water partition coefficient (Wildman–Crippen LogP) is 3.69. The van der Waals surface area contributed by atoms with E-state index >= 15 is 0 Å². The van der Waals surface area contributed by atoms with E-state index < -0.39 is 0 Å². The molecule has 18 heavy (non-hydrogen) atoms. The summed E-state index contributed by atoms with van der Waals surface area (Å²) in [4.78, 5) is 11.6. The average Bonchev–Trinajstić information content (AvgIpc) is 2.38. The Kier molecular flexibility index (Phi) is 6.62. The molecule has 1 aromatic rings. The normalized spacial score (nSPS) is 10.0. The summed E-state index contributed by atoms with van der Waals surface area (Å²) in [5.74, 6) is -0.185. The quantitative estimate of drug-likeness (QED) is 0.433. The van der Waals surface area contributed by atoms with Crippen molar-refractivity contribution in [3.8, 4) is 5.75 Å². The molecule has 3 heteroatoms. The zero-order valence-corrected chi connectivity index (χ0v) is 10.6. The van der Waals surface area contributed by atoms with Crippen LogP contribution in [0.2, 0.25) is 0 Å². The number of phenolic OH excluding ortho intramolecular Hbond substituents is 1. The van der Waals surface area contributed by atoms with E-state index in [0.717, 1.165) is 32.1 Å². The van der Waals surface area contributed by atoms with Gasteiger partial charge in [-0.05, 0) is 43.5 Å². The molecule has 0 saturated carbocycles. The Balaban J connectivity index is 2.13. The molecule has 0 radical (unpaired) electrons. The van der Waals surface area contributed by atoms with Gasteiger partial charge >= 0.3 is 5.97 Å². The van der Waals surface area contributed by atoms with Crippen molar-refractivity contribution in [1.82, 2.24) is 0 Å². The van der Waals surface area contributed by atoms with E-state index in [1.165, 1.54) is 12.1 Å². The number of rotatable bonds is 8. The molecule has 0 aliphatic rings. The minimum atomic E-state index is -0.332. The molecule has 0 amide bonds. The Bertz CT molecular complexity index is 368. The fourth-order valence-electron chi connectivity index (χ4n) is 1.59. The van der Waals surface area contributed by atoms with Crippen LogP contribution in [-0.2, 0) is 4.74 Å². The zero-order valence-electron chi connectivity index (χ0n) is 10.6. The summed E-state index contributed by atoms with van der Waals surface area (Å²) in [5, 5.41) is 9.10. The summed E-state index contributed by atoms with van der Waals surface area (Å²) >= 11 is 0. The lowest BCUT2D eigenvalue weighted by atomic mass is 10.1. The van der Waals surface area contributed by atoms with E-state index in [2.05, 4.69) is 6.58 Å². The van der Waals surface area contributed by atoms with Crippen LogP contribution >= 0.6 is 0 Å². The van der Waals surface area contributed by atoms with Gasteiger partial charge in [0.15, 0.2) is 0 Å². The lowest BCUT2D eigenvalue weighted by molar-refractivity contribution is 0.0497. The number of phenols is 1. The maximum Gasteiger partial charge on any atom is 0.338 e. The molecular weight excluding hydrogens is 228 g/mol. The van der Waals surface area contributed by atoms with Crippen LogP contribution in [0.4, 0.5) is 0 Å². The molecule has 0 aromatic heterocycles. The number of allylic oxidation sites excluding steroid dienone is 1. The van der Waals surface area contributed by atoms with Gasteiger partial charge in [0.25, 0.3) is 0 Å². The first-order valence-corrected chi connectivity index (χ1v) is 6.31. The molecule has 0 bridgehead atoms. The first-order chi connectivity index (χ1) is 8.74. The van der Waals surface area contributed by atoms with Gasteiger partial charge in [-0.2, -0.15) is 0 Å². The van der Waals surface area contributed by atoms with Crippen molar-refractivity contribution >= 4 is 5.97 Å². The van der Waals surface area contributed by atoms with Crippen LogP contribution < -0.4 is 0 Å². The fraction of sp³-hybridized carbons (Fsp3) is 0.400. The van der Waals surface area contributed by atoms with Crippen molar-refractivity contribution in [2.75, 3.05) is 6.61 Å². The first-order valence-electron chi connectivity index (χ1n) is 6.31. The molecule has 1 rings (SSSR count). The SMILES string of the molecule is C=CCCCCCCOC(=O)c1ccc(O)cc1. The minimum Gasteiger partial charge on any atom is -0.508 e. The molecule has 0 aliphatic carbocycles. The van der Waals surface area contributed by atoms with Gasteiger partial charge in [0, 0.05) is 0 Å². The standard InChI is InChI=1S/C15H20O3/c1-2-3-4-5-6-7-12-18-15(17)13-8-10-14(16)11-9-13/h2,8-11,16H,1,3-7,12H2. The van der Waals surface area contributed by atoms with Gasteiger partial charge in [-0.3, -0.25) is 0 Å². The Hall–Kier alpha value is -1.77. The average molecular weight is 248 g/mol. The summed E-state index contributed by atoms with van der Waals surface area (Å²) in [6, 6.07) is 6.07. The zero-order chi connectivity index (χ0) is 13.2. The van der Waals surface area contributed by atoms with E-state index in [1.807, 2.05) is 6.08 Å².